The van der Waals surface area contributed by atoms with Crippen LogP contribution in [0, 0.1) is 10.8 Å². The lowest BCUT2D eigenvalue weighted by atomic mass is 9.90. The summed E-state index contributed by atoms with van der Waals surface area (Å²) < 4.78 is 11.2. The van der Waals surface area contributed by atoms with Crippen LogP contribution < -0.4 is 0 Å². The van der Waals surface area contributed by atoms with Gasteiger partial charge in [-0.05, 0) is 47.0 Å². The molecule has 1 aliphatic rings. The molecule has 40 heavy (non-hydrogen) atoms. The normalized spacial score (nSPS) is 19.0. The maximum atomic E-state index is 13.0. The second kappa shape index (κ2) is 15.1. The summed E-state index contributed by atoms with van der Waals surface area (Å²) >= 11 is 0. The van der Waals surface area contributed by atoms with Crippen LogP contribution >= 0.6 is 0 Å². The first-order chi connectivity index (χ1) is 18.0. The summed E-state index contributed by atoms with van der Waals surface area (Å²) in [6, 6.07) is 0. The molecule has 0 aliphatic carbocycles. The Morgan fingerprint density at radius 1 is 0.500 bits per heavy atom. The monoisotopic (exact) mass is 568 g/mol. The van der Waals surface area contributed by atoms with Crippen LogP contribution in [0.3, 0.4) is 0 Å². The Kier molecular flexibility index (Phi) is 13.7. The topological polar surface area (TPSA) is 82.6 Å². The van der Waals surface area contributed by atoms with Crippen molar-refractivity contribution in [2.45, 2.75) is 94.3 Å². The van der Waals surface area contributed by atoms with Gasteiger partial charge >= 0.3 is 11.9 Å². The number of rotatable bonds is 7. The van der Waals surface area contributed by atoms with Crippen molar-refractivity contribution in [3.63, 3.8) is 0 Å². The molecule has 0 aromatic heterocycles. The Balaban J connectivity index is 3.18. The summed E-state index contributed by atoms with van der Waals surface area (Å²) in [5.41, 5.74) is -1.40. The smallest absolute Gasteiger partial charge is 0.320 e. The molecule has 0 amide bonds. The molecular formula is C31H60N4O5. The third-order valence-corrected chi connectivity index (χ3v) is 6.38. The highest BCUT2D eigenvalue weighted by atomic mass is 16.6. The fourth-order valence-electron chi connectivity index (χ4n) is 4.43. The van der Waals surface area contributed by atoms with Crippen molar-refractivity contribution < 1.29 is 23.9 Å². The van der Waals surface area contributed by atoms with Gasteiger partial charge in [-0.1, -0.05) is 41.5 Å². The number of hydrogen-bond donors (Lipinski definition) is 0. The largest absolute Gasteiger partial charge is 0.459 e. The Bertz CT molecular complexity index is 818. The summed E-state index contributed by atoms with van der Waals surface area (Å²) in [6.45, 7) is 31.1. The number of carbonyl (C=O) groups is 3. The first-order valence-electron chi connectivity index (χ1n) is 14.9. The van der Waals surface area contributed by atoms with Gasteiger partial charge in [0.25, 0.3) is 0 Å². The summed E-state index contributed by atoms with van der Waals surface area (Å²) in [5, 5.41) is 0. The molecule has 1 fully saturated rings. The fourth-order valence-corrected chi connectivity index (χ4v) is 4.43. The molecule has 9 nitrogen and oxygen atoms in total. The zero-order valence-corrected chi connectivity index (χ0v) is 27.8. The van der Waals surface area contributed by atoms with Crippen molar-refractivity contribution in [1.29, 1.82) is 0 Å². The van der Waals surface area contributed by atoms with Crippen molar-refractivity contribution in [1.82, 2.24) is 19.6 Å². The maximum Gasteiger partial charge on any atom is 0.320 e. The molecule has 0 unspecified atom stereocenters. The van der Waals surface area contributed by atoms with Gasteiger partial charge in [-0.2, -0.15) is 0 Å². The lowest BCUT2D eigenvalue weighted by molar-refractivity contribution is -0.158. The van der Waals surface area contributed by atoms with E-state index in [0.717, 1.165) is 26.2 Å². The van der Waals surface area contributed by atoms with Gasteiger partial charge in [0.15, 0.2) is 5.78 Å². The van der Waals surface area contributed by atoms with E-state index in [0.29, 0.717) is 39.3 Å². The summed E-state index contributed by atoms with van der Waals surface area (Å²) in [6.07, 6.45) is 0. The molecule has 0 spiro atoms. The zero-order chi connectivity index (χ0) is 30.9. The van der Waals surface area contributed by atoms with Crippen LogP contribution in [0.5, 0.6) is 0 Å². The first-order valence-corrected chi connectivity index (χ1v) is 14.9. The molecular weight excluding hydrogens is 508 g/mol. The average Bonchev–Trinajstić information content (AvgIpc) is 2.71. The fraction of sp³-hybridized carbons (Fsp3) is 0.903. The summed E-state index contributed by atoms with van der Waals surface area (Å²) in [5.74, 6) is -0.302. The Hall–Kier alpha value is -1.55. The van der Waals surface area contributed by atoms with Gasteiger partial charge in [-0.3, -0.25) is 29.1 Å². The number of esters is 2. The van der Waals surface area contributed by atoms with Gasteiger partial charge in [0.1, 0.15) is 11.2 Å². The lowest BCUT2D eigenvalue weighted by Gasteiger charge is -2.36. The number of hydrogen-bond acceptors (Lipinski definition) is 9. The van der Waals surface area contributed by atoms with Gasteiger partial charge in [0.05, 0.1) is 19.6 Å². The van der Waals surface area contributed by atoms with Gasteiger partial charge in [0.2, 0.25) is 0 Å². The highest BCUT2D eigenvalue weighted by molar-refractivity contribution is 5.85. The van der Waals surface area contributed by atoms with Crippen molar-refractivity contribution in [3.05, 3.63) is 0 Å². The van der Waals surface area contributed by atoms with E-state index >= 15 is 0 Å². The molecule has 9 heteroatoms. The summed E-state index contributed by atoms with van der Waals surface area (Å²) in [7, 11) is 0. The minimum Gasteiger partial charge on any atom is -0.459 e. The minimum atomic E-state index is -0.561. The minimum absolute atomic E-state index is 0.114. The van der Waals surface area contributed by atoms with Crippen LogP contribution in [0.15, 0.2) is 0 Å². The number of ether oxygens (including phenoxy) is 2. The average molecular weight is 569 g/mol. The predicted octanol–water partition coefficient (Wildman–Crippen LogP) is 3.55. The Morgan fingerprint density at radius 2 is 0.800 bits per heavy atom. The van der Waals surface area contributed by atoms with Crippen LogP contribution in [0.4, 0.5) is 0 Å². The van der Waals surface area contributed by atoms with Crippen LogP contribution in [-0.2, 0) is 23.9 Å². The highest BCUT2D eigenvalue weighted by Crippen LogP contribution is 2.18. The molecule has 1 aliphatic heterocycles. The molecule has 0 aromatic rings. The highest BCUT2D eigenvalue weighted by Gasteiger charge is 2.27. The third-order valence-electron chi connectivity index (χ3n) is 6.38. The number of ketones is 1. The van der Waals surface area contributed by atoms with E-state index in [1.165, 1.54) is 0 Å². The lowest BCUT2D eigenvalue weighted by Crippen LogP contribution is -2.50. The molecule has 0 radical (unpaired) electrons. The molecule has 234 valence electrons. The van der Waals surface area contributed by atoms with E-state index in [-0.39, 0.29) is 36.2 Å². The molecule has 1 heterocycles. The van der Waals surface area contributed by atoms with Crippen LogP contribution in [-0.4, -0.2) is 127 Å². The van der Waals surface area contributed by atoms with Crippen LogP contribution in [0.25, 0.3) is 0 Å². The van der Waals surface area contributed by atoms with Gasteiger partial charge in [0, 0.05) is 64.3 Å². The molecule has 0 aromatic carbocycles. The molecule has 0 saturated carbocycles. The van der Waals surface area contributed by atoms with Crippen LogP contribution in [0.2, 0.25) is 0 Å². The SMILES string of the molecule is CC(C)(C)CN1CCN(CC(=O)OC(C)(C)C)CCN(CC(=O)OC(C)(C)C)CCN(CC(=O)C(C)(C)C)CC1. The Labute approximate surface area is 244 Å². The number of nitrogens with zero attached hydrogens (tertiary/aromatic N) is 4. The van der Waals surface area contributed by atoms with Crippen molar-refractivity contribution in [2.24, 2.45) is 10.8 Å². The number of Topliss-reactive ketones (excluding diaryl/α,β-unsaturated/α-hetero) is 1. The van der Waals surface area contributed by atoms with E-state index in [2.05, 4.69) is 40.4 Å². The van der Waals surface area contributed by atoms with E-state index < -0.39 is 16.6 Å². The van der Waals surface area contributed by atoms with E-state index in [1.807, 2.05) is 62.3 Å². The molecule has 0 N–H and O–H groups in total. The second-order valence-corrected chi connectivity index (χ2v) is 15.5. The molecule has 1 rings (SSSR count). The van der Waals surface area contributed by atoms with E-state index in [4.69, 9.17) is 9.47 Å². The Morgan fingerprint density at radius 3 is 1.07 bits per heavy atom. The van der Waals surface area contributed by atoms with Gasteiger partial charge in [-0.25, -0.2) is 0 Å². The standard InChI is InChI=1S/C31H60N4O5/c1-28(2,3)24-35-19-17-32(21-25(36)29(4,5)6)13-14-33(22-26(37)39-30(7,8)9)15-16-34(18-20-35)23-27(38)40-31(10,11)12/h13-24H2,1-12H3. The van der Waals surface area contributed by atoms with Gasteiger partial charge < -0.3 is 14.4 Å². The summed E-state index contributed by atoms with van der Waals surface area (Å²) in [4.78, 5) is 47.4. The van der Waals surface area contributed by atoms with Crippen molar-refractivity contribution >= 4 is 17.7 Å². The zero-order valence-electron chi connectivity index (χ0n) is 27.8. The number of carbonyl (C=O) groups excluding carboxylic acids is 3. The van der Waals surface area contributed by atoms with Crippen molar-refractivity contribution in [3.8, 4) is 0 Å². The van der Waals surface area contributed by atoms with Gasteiger partial charge in [-0.15, -0.1) is 0 Å². The third kappa shape index (κ3) is 17.3. The predicted molar refractivity (Wildman–Crippen MR) is 161 cm³/mol. The van der Waals surface area contributed by atoms with E-state index in [9.17, 15) is 14.4 Å². The van der Waals surface area contributed by atoms with E-state index in [1.54, 1.807) is 0 Å². The van der Waals surface area contributed by atoms with Crippen molar-refractivity contribution in [2.75, 3.05) is 78.5 Å². The first kappa shape index (κ1) is 36.5. The second-order valence-electron chi connectivity index (χ2n) is 15.5. The maximum absolute atomic E-state index is 13.0. The molecule has 0 bridgehead atoms. The molecule has 1 saturated heterocycles. The quantitative estimate of drug-likeness (QED) is 0.428. The molecule has 0 atom stereocenters. The van der Waals surface area contributed by atoms with Crippen LogP contribution in [0.1, 0.15) is 83.1 Å².